The van der Waals surface area contributed by atoms with Crippen LogP contribution < -0.4 is 20.9 Å². The van der Waals surface area contributed by atoms with E-state index in [1.165, 1.54) is 24.3 Å². The van der Waals surface area contributed by atoms with Gasteiger partial charge in [0.15, 0.2) is 0 Å². The van der Waals surface area contributed by atoms with Crippen LogP contribution in [0.15, 0.2) is 60.7 Å². The Morgan fingerprint density at radius 1 is 0.788 bits per heavy atom. The first-order chi connectivity index (χ1) is 15.9. The van der Waals surface area contributed by atoms with Gasteiger partial charge in [0, 0.05) is 30.0 Å². The number of rotatable bonds is 5. The van der Waals surface area contributed by atoms with E-state index in [-0.39, 0.29) is 11.9 Å². The lowest BCUT2D eigenvalue weighted by Gasteiger charge is -2.22. The van der Waals surface area contributed by atoms with E-state index in [0.29, 0.717) is 22.6 Å². The second kappa shape index (κ2) is 9.73. The summed E-state index contributed by atoms with van der Waals surface area (Å²) in [6, 6.07) is 16.2. The average Bonchev–Trinajstić information content (AvgIpc) is 3.31. The molecule has 1 heterocycles. The van der Waals surface area contributed by atoms with Crippen LogP contribution in [0.25, 0.3) is 0 Å². The largest absolute Gasteiger partial charge is 0.370 e. The Morgan fingerprint density at radius 3 is 2.15 bits per heavy atom. The number of hydrogen-bond donors (Lipinski definition) is 3. The normalized spacial score (nSPS) is 13.0. The maximum absolute atomic E-state index is 13.2. The van der Waals surface area contributed by atoms with Gasteiger partial charge in [-0.25, -0.2) is 9.18 Å². The average molecular weight is 447 g/mol. The number of halogens is 1. The van der Waals surface area contributed by atoms with Gasteiger partial charge in [-0.3, -0.25) is 4.79 Å². The summed E-state index contributed by atoms with van der Waals surface area (Å²) < 4.78 is 13.2. The SMILES string of the molecule is Cc1ccc(NC(=O)Nc2cc(NC(=O)c3ccc(F)cc3)ccc2N2CCCC2)cc1C. The van der Waals surface area contributed by atoms with Crippen LogP contribution in [0.2, 0.25) is 0 Å². The van der Waals surface area contributed by atoms with Crippen LogP contribution in [-0.2, 0) is 0 Å². The fourth-order valence-electron chi connectivity index (χ4n) is 3.86. The van der Waals surface area contributed by atoms with Crippen LogP contribution in [0.4, 0.5) is 31.9 Å². The van der Waals surface area contributed by atoms with Crippen LogP contribution in [0.1, 0.15) is 34.3 Å². The summed E-state index contributed by atoms with van der Waals surface area (Å²) in [5, 5.41) is 8.64. The highest BCUT2D eigenvalue weighted by Gasteiger charge is 2.18. The molecule has 1 aliphatic heterocycles. The summed E-state index contributed by atoms with van der Waals surface area (Å²) in [6.45, 7) is 5.84. The Kier molecular flexibility index (Phi) is 6.58. The molecule has 3 aromatic rings. The van der Waals surface area contributed by atoms with Crippen molar-refractivity contribution in [3.05, 3.63) is 83.2 Å². The van der Waals surface area contributed by atoms with E-state index in [1.54, 1.807) is 6.07 Å². The Balaban J connectivity index is 1.54. The Labute approximate surface area is 192 Å². The molecule has 3 N–H and O–H groups in total. The number of aryl methyl sites for hydroxylation is 2. The number of benzene rings is 3. The number of carbonyl (C=O) groups is 2. The van der Waals surface area contributed by atoms with Crippen molar-refractivity contribution < 1.29 is 14.0 Å². The van der Waals surface area contributed by atoms with Gasteiger partial charge in [-0.05, 0) is 92.4 Å². The standard InChI is InChI=1S/C26H27FN4O2/c1-17-5-10-21(15-18(17)2)29-26(33)30-23-16-22(11-12-24(23)31-13-3-4-14-31)28-25(32)19-6-8-20(27)9-7-19/h5-12,15-16H,3-4,13-14H2,1-2H3,(H,28,32)(H2,29,30,33). The van der Waals surface area contributed by atoms with E-state index >= 15 is 0 Å². The summed E-state index contributed by atoms with van der Waals surface area (Å²) >= 11 is 0. The van der Waals surface area contributed by atoms with Crippen molar-refractivity contribution >= 4 is 34.7 Å². The third-order valence-electron chi connectivity index (χ3n) is 5.82. The van der Waals surface area contributed by atoms with Gasteiger partial charge in [0.1, 0.15) is 5.82 Å². The lowest BCUT2D eigenvalue weighted by Crippen LogP contribution is -2.24. The van der Waals surface area contributed by atoms with Gasteiger partial charge in [0.05, 0.1) is 11.4 Å². The van der Waals surface area contributed by atoms with Crippen LogP contribution in [-0.4, -0.2) is 25.0 Å². The fraction of sp³-hybridized carbons (Fsp3) is 0.231. The number of anilines is 4. The smallest absolute Gasteiger partial charge is 0.323 e. The van der Waals surface area contributed by atoms with Crippen molar-refractivity contribution in [2.75, 3.05) is 33.9 Å². The Morgan fingerprint density at radius 2 is 1.45 bits per heavy atom. The number of nitrogens with one attached hydrogen (secondary N) is 3. The predicted octanol–water partition coefficient (Wildman–Crippen LogP) is 5.94. The van der Waals surface area contributed by atoms with Gasteiger partial charge in [-0.2, -0.15) is 0 Å². The van der Waals surface area contributed by atoms with E-state index in [1.807, 2.05) is 44.2 Å². The molecule has 7 heteroatoms. The van der Waals surface area contributed by atoms with Crippen molar-refractivity contribution in [3.8, 4) is 0 Å². The Bertz CT molecular complexity index is 1170. The Hall–Kier alpha value is -3.87. The molecule has 4 rings (SSSR count). The minimum Gasteiger partial charge on any atom is -0.370 e. The molecule has 1 fully saturated rings. The molecule has 0 radical (unpaired) electrons. The molecular formula is C26H27FN4O2. The van der Waals surface area contributed by atoms with Gasteiger partial charge >= 0.3 is 6.03 Å². The first kappa shape index (κ1) is 22.3. The lowest BCUT2D eigenvalue weighted by atomic mass is 10.1. The maximum atomic E-state index is 13.2. The predicted molar refractivity (Wildman–Crippen MR) is 131 cm³/mol. The fourth-order valence-corrected chi connectivity index (χ4v) is 3.86. The number of nitrogens with zero attached hydrogens (tertiary/aromatic N) is 1. The molecule has 170 valence electrons. The van der Waals surface area contributed by atoms with Crippen molar-refractivity contribution in [2.24, 2.45) is 0 Å². The molecule has 0 spiro atoms. The highest BCUT2D eigenvalue weighted by molar-refractivity contribution is 6.06. The van der Waals surface area contributed by atoms with Gasteiger partial charge in [0.2, 0.25) is 0 Å². The summed E-state index contributed by atoms with van der Waals surface area (Å²) in [7, 11) is 0. The number of carbonyl (C=O) groups excluding carboxylic acids is 2. The monoisotopic (exact) mass is 446 g/mol. The van der Waals surface area contributed by atoms with E-state index in [0.717, 1.165) is 42.7 Å². The molecule has 1 saturated heterocycles. The summed E-state index contributed by atoms with van der Waals surface area (Å²) in [5.41, 5.74) is 5.35. The maximum Gasteiger partial charge on any atom is 0.323 e. The highest BCUT2D eigenvalue weighted by atomic mass is 19.1. The second-order valence-electron chi connectivity index (χ2n) is 8.27. The van der Waals surface area contributed by atoms with Gasteiger partial charge in [-0.1, -0.05) is 6.07 Å². The van der Waals surface area contributed by atoms with Crippen LogP contribution in [0, 0.1) is 19.7 Å². The van der Waals surface area contributed by atoms with Crippen molar-refractivity contribution in [1.82, 2.24) is 0 Å². The zero-order valence-corrected chi connectivity index (χ0v) is 18.7. The number of amides is 3. The van der Waals surface area contributed by atoms with E-state index in [9.17, 15) is 14.0 Å². The van der Waals surface area contributed by atoms with Crippen molar-refractivity contribution in [1.29, 1.82) is 0 Å². The van der Waals surface area contributed by atoms with Gasteiger partial charge in [0.25, 0.3) is 5.91 Å². The number of urea groups is 1. The molecule has 0 aromatic heterocycles. The topological polar surface area (TPSA) is 73.5 Å². The van der Waals surface area contributed by atoms with Crippen molar-refractivity contribution in [2.45, 2.75) is 26.7 Å². The lowest BCUT2D eigenvalue weighted by molar-refractivity contribution is 0.102. The first-order valence-corrected chi connectivity index (χ1v) is 11.0. The quantitative estimate of drug-likeness (QED) is 0.454. The summed E-state index contributed by atoms with van der Waals surface area (Å²) in [4.78, 5) is 27.5. The molecular weight excluding hydrogens is 419 g/mol. The molecule has 6 nitrogen and oxygen atoms in total. The van der Waals surface area contributed by atoms with Crippen LogP contribution >= 0.6 is 0 Å². The van der Waals surface area contributed by atoms with E-state index < -0.39 is 5.82 Å². The zero-order chi connectivity index (χ0) is 23.4. The third-order valence-corrected chi connectivity index (χ3v) is 5.82. The van der Waals surface area contributed by atoms with Crippen LogP contribution in [0.5, 0.6) is 0 Å². The minimum absolute atomic E-state index is 0.349. The summed E-state index contributed by atoms with van der Waals surface area (Å²) in [5.74, 6) is -0.753. The molecule has 3 aromatic carbocycles. The summed E-state index contributed by atoms with van der Waals surface area (Å²) in [6.07, 6.45) is 2.19. The highest BCUT2D eigenvalue weighted by Crippen LogP contribution is 2.32. The first-order valence-electron chi connectivity index (χ1n) is 11.0. The molecule has 0 saturated carbocycles. The third kappa shape index (κ3) is 5.49. The molecule has 0 unspecified atom stereocenters. The van der Waals surface area contributed by atoms with E-state index in [2.05, 4.69) is 20.9 Å². The zero-order valence-electron chi connectivity index (χ0n) is 18.7. The second-order valence-corrected chi connectivity index (χ2v) is 8.27. The molecule has 0 bridgehead atoms. The minimum atomic E-state index is -0.400. The van der Waals surface area contributed by atoms with Gasteiger partial charge < -0.3 is 20.9 Å². The molecule has 1 aliphatic rings. The number of hydrogen-bond acceptors (Lipinski definition) is 3. The van der Waals surface area contributed by atoms with Crippen molar-refractivity contribution in [3.63, 3.8) is 0 Å². The molecule has 0 aliphatic carbocycles. The van der Waals surface area contributed by atoms with E-state index in [4.69, 9.17) is 0 Å². The van der Waals surface area contributed by atoms with Crippen LogP contribution in [0.3, 0.4) is 0 Å². The molecule has 0 atom stereocenters. The molecule has 33 heavy (non-hydrogen) atoms. The van der Waals surface area contributed by atoms with Gasteiger partial charge in [-0.15, -0.1) is 0 Å². The molecule has 3 amide bonds.